The number of hydrogen-bond acceptors (Lipinski definition) is 3. The fourth-order valence-electron chi connectivity index (χ4n) is 2.63. The summed E-state index contributed by atoms with van der Waals surface area (Å²) in [5, 5.41) is 6.14. The molecule has 1 atom stereocenters. The molecule has 0 aliphatic carbocycles. The van der Waals surface area contributed by atoms with E-state index in [9.17, 15) is 4.79 Å². The second kappa shape index (κ2) is 8.46. The van der Waals surface area contributed by atoms with E-state index in [2.05, 4.69) is 34.4 Å². The highest BCUT2D eigenvalue weighted by molar-refractivity contribution is 5.91. The van der Waals surface area contributed by atoms with E-state index in [0.29, 0.717) is 24.8 Å². The van der Waals surface area contributed by atoms with E-state index >= 15 is 0 Å². The van der Waals surface area contributed by atoms with Gasteiger partial charge in [-0.3, -0.25) is 9.79 Å². The lowest BCUT2D eigenvalue weighted by molar-refractivity contribution is 0.0927. The monoisotopic (exact) mass is 306 g/mol. The van der Waals surface area contributed by atoms with Gasteiger partial charge in [0.2, 0.25) is 0 Å². The van der Waals surface area contributed by atoms with Crippen molar-refractivity contribution >= 4 is 11.9 Å². The molecule has 0 aromatic carbocycles. The van der Waals surface area contributed by atoms with Crippen molar-refractivity contribution in [1.82, 2.24) is 15.5 Å². The molecule has 1 aromatic heterocycles. The molecule has 1 aliphatic heterocycles. The zero-order chi connectivity index (χ0) is 15.8. The molecule has 0 spiro atoms. The fourth-order valence-corrected chi connectivity index (χ4v) is 2.63. The maximum atomic E-state index is 11.7. The summed E-state index contributed by atoms with van der Waals surface area (Å²) in [6, 6.07) is 3.35. The first-order valence-electron chi connectivity index (χ1n) is 8.05. The molecule has 6 nitrogen and oxygen atoms in total. The van der Waals surface area contributed by atoms with E-state index in [0.717, 1.165) is 25.6 Å². The summed E-state index contributed by atoms with van der Waals surface area (Å²) >= 11 is 0. The van der Waals surface area contributed by atoms with Crippen LogP contribution in [0.15, 0.2) is 27.8 Å². The Morgan fingerprint density at radius 1 is 1.50 bits per heavy atom. The molecular formula is C16H26N4O2. The molecule has 22 heavy (non-hydrogen) atoms. The SMILES string of the molecule is CCNC(=NCCNC(=O)c1ccco1)N1CCCC(C)C1. The molecule has 1 aromatic rings. The normalized spacial score (nSPS) is 19.1. The van der Waals surface area contributed by atoms with Crippen molar-refractivity contribution in [2.75, 3.05) is 32.7 Å². The van der Waals surface area contributed by atoms with Crippen LogP contribution in [0.5, 0.6) is 0 Å². The smallest absolute Gasteiger partial charge is 0.287 e. The largest absolute Gasteiger partial charge is 0.459 e. The number of furan rings is 1. The van der Waals surface area contributed by atoms with Gasteiger partial charge in [-0.2, -0.15) is 0 Å². The third-order valence-corrected chi connectivity index (χ3v) is 3.70. The number of amides is 1. The van der Waals surface area contributed by atoms with Crippen molar-refractivity contribution in [2.45, 2.75) is 26.7 Å². The summed E-state index contributed by atoms with van der Waals surface area (Å²) < 4.78 is 5.05. The van der Waals surface area contributed by atoms with Crippen LogP contribution in [0, 0.1) is 5.92 Å². The zero-order valence-corrected chi connectivity index (χ0v) is 13.5. The first kappa shape index (κ1) is 16.4. The van der Waals surface area contributed by atoms with Crippen molar-refractivity contribution < 1.29 is 9.21 Å². The van der Waals surface area contributed by atoms with Crippen molar-refractivity contribution in [3.8, 4) is 0 Å². The number of aliphatic imine (C=N–C) groups is 1. The van der Waals surface area contributed by atoms with Gasteiger partial charge in [-0.1, -0.05) is 6.92 Å². The van der Waals surface area contributed by atoms with Crippen molar-refractivity contribution in [2.24, 2.45) is 10.9 Å². The minimum absolute atomic E-state index is 0.197. The number of hydrogen-bond donors (Lipinski definition) is 2. The zero-order valence-electron chi connectivity index (χ0n) is 13.5. The van der Waals surface area contributed by atoms with Crippen LogP contribution in [-0.2, 0) is 0 Å². The van der Waals surface area contributed by atoms with Gasteiger partial charge in [-0.15, -0.1) is 0 Å². The lowest BCUT2D eigenvalue weighted by Crippen LogP contribution is -2.46. The summed E-state index contributed by atoms with van der Waals surface area (Å²) in [5.41, 5.74) is 0. The van der Waals surface area contributed by atoms with E-state index < -0.39 is 0 Å². The highest BCUT2D eigenvalue weighted by Gasteiger charge is 2.18. The summed E-state index contributed by atoms with van der Waals surface area (Å²) in [5.74, 6) is 1.79. The molecule has 1 amide bonds. The van der Waals surface area contributed by atoms with Gasteiger partial charge in [0.15, 0.2) is 11.7 Å². The highest BCUT2D eigenvalue weighted by Crippen LogP contribution is 2.15. The summed E-state index contributed by atoms with van der Waals surface area (Å²) in [6.07, 6.45) is 3.99. The Balaban J connectivity index is 1.81. The number of likely N-dealkylation sites (tertiary alicyclic amines) is 1. The molecule has 1 unspecified atom stereocenters. The molecule has 2 N–H and O–H groups in total. The Morgan fingerprint density at radius 2 is 2.36 bits per heavy atom. The van der Waals surface area contributed by atoms with Crippen LogP contribution in [0.3, 0.4) is 0 Å². The molecular weight excluding hydrogens is 280 g/mol. The lowest BCUT2D eigenvalue weighted by atomic mass is 10.0. The van der Waals surface area contributed by atoms with Gasteiger partial charge in [0.05, 0.1) is 12.8 Å². The van der Waals surface area contributed by atoms with Crippen LogP contribution in [-0.4, -0.2) is 49.5 Å². The van der Waals surface area contributed by atoms with Gasteiger partial charge in [-0.05, 0) is 37.8 Å². The van der Waals surface area contributed by atoms with Crippen LogP contribution >= 0.6 is 0 Å². The Bertz CT molecular complexity index is 484. The molecule has 0 radical (unpaired) electrons. The summed E-state index contributed by atoms with van der Waals surface area (Å²) in [6.45, 7) is 8.35. The predicted octanol–water partition coefficient (Wildman–Crippen LogP) is 1.71. The maximum absolute atomic E-state index is 11.7. The Kier molecular flexibility index (Phi) is 6.30. The molecule has 0 saturated carbocycles. The molecule has 1 saturated heterocycles. The molecule has 0 bridgehead atoms. The van der Waals surface area contributed by atoms with E-state index in [4.69, 9.17) is 4.42 Å². The van der Waals surface area contributed by atoms with Gasteiger partial charge in [-0.25, -0.2) is 0 Å². The number of carbonyl (C=O) groups is 1. The molecule has 6 heteroatoms. The standard InChI is InChI=1S/C16H26N4O2/c1-3-17-16(20-10-4-6-13(2)12-20)19-9-8-18-15(21)14-7-5-11-22-14/h5,7,11,13H,3-4,6,8-10,12H2,1-2H3,(H,17,19)(H,18,21). The van der Waals surface area contributed by atoms with E-state index in [1.165, 1.54) is 19.1 Å². The third-order valence-electron chi connectivity index (χ3n) is 3.70. The predicted molar refractivity (Wildman–Crippen MR) is 87.0 cm³/mol. The van der Waals surface area contributed by atoms with Crippen LogP contribution in [0.2, 0.25) is 0 Å². The first-order chi connectivity index (χ1) is 10.7. The van der Waals surface area contributed by atoms with Crippen molar-refractivity contribution in [3.63, 3.8) is 0 Å². The number of piperidine rings is 1. The van der Waals surface area contributed by atoms with Crippen LogP contribution in [0.4, 0.5) is 0 Å². The topological polar surface area (TPSA) is 69.9 Å². The van der Waals surface area contributed by atoms with E-state index in [-0.39, 0.29) is 5.91 Å². The van der Waals surface area contributed by atoms with E-state index in [1.807, 2.05) is 0 Å². The molecule has 2 rings (SSSR count). The Morgan fingerprint density at radius 3 is 3.05 bits per heavy atom. The third kappa shape index (κ3) is 4.79. The second-order valence-corrected chi connectivity index (χ2v) is 5.66. The number of rotatable bonds is 5. The highest BCUT2D eigenvalue weighted by atomic mass is 16.3. The Labute approximate surface area is 132 Å². The average Bonchev–Trinajstić information content (AvgIpc) is 3.04. The second-order valence-electron chi connectivity index (χ2n) is 5.66. The maximum Gasteiger partial charge on any atom is 0.287 e. The lowest BCUT2D eigenvalue weighted by Gasteiger charge is -2.33. The minimum Gasteiger partial charge on any atom is -0.459 e. The van der Waals surface area contributed by atoms with Crippen molar-refractivity contribution in [1.29, 1.82) is 0 Å². The van der Waals surface area contributed by atoms with Crippen LogP contribution in [0.1, 0.15) is 37.2 Å². The summed E-state index contributed by atoms with van der Waals surface area (Å²) in [4.78, 5) is 18.7. The molecule has 1 fully saturated rings. The number of guanidine groups is 1. The molecule has 1 aliphatic rings. The molecule has 122 valence electrons. The van der Waals surface area contributed by atoms with Gasteiger partial charge in [0.25, 0.3) is 5.91 Å². The van der Waals surface area contributed by atoms with Crippen LogP contribution < -0.4 is 10.6 Å². The van der Waals surface area contributed by atoms with E-state index in [1.54, 1.807) is 12.1 Å². The van der Waals surface area contributed by atoms with Gasteiger partial charge >= 0.3 is 0 Å². The minimum atomic E-state index is -0.197. The molecule has 2 heterocycles. The van der Waals surface area contributed by atoms with Crippen molar-refractivity contribution in [3.05, 3.63) is 24.2 Å². The van der Waals surface area contributed by atoms with Gasteiger partial charge in [0, 0.05) is 26.2 Å². The number of carbonyl (C=O) groups excluding carboxylic acids is 1. The average molecular weight is 306 g/mol. The summed E-state index contributed by atoms with van der Waals surface area (Å²) in [7, 11) is 0. The first-order valence-corrected chi connectivity index (χ1v) is 8.05. The Hall–Kier alpha value is -1.98. The fraction of sp³-hybridized carbons (Fsp3) is 0.625. The quantitative estimate of drug-likeness (QED) is 0.493. The number of nitrogens with one attached hydrogen (secondary N) is 2. The van der Waals surface area contributed by atoms with Gasteiger partial charge < -0.3 is 20.0 Å². The number of nitrogens with zero attached hydrogens (tertiary/aromatic N) is 2. The van der Waals surface area contributed by atoms with Gasteiger partial charge in [0.1, 0.15) is 0 Å². The van der Waals surface area contributed by atoms with Crippen LogP contribution in [0.25, 0.3) is 0 Å².